The van der Waals surface area contributed by atoms with Crippen LogP contribution in [0.5, 0.6) is 0 Å². The number of nitrogens with two attached hydrogens (primary N) is 1. The maximum atomic E-state index is 12.0. The first-order valence-corrected chi connectivity index (χ1v) is 6.25. The largest absolute Gasteiger partial charge is 0.351 e. The van der Waals surface area contributed by atoms with E-state index in [9.17, 15) is 9.59 Å². The summed E-state index contributed by atoms with van der Waals surface area (Å²) in [5.41, 5.74) is 5.78. The van der Waals surface area contributed by atoms with Crippen molar-refractivity contribution < 1.29 is 9.59 Å². The fraction of sp³-hybridized carbons (Fsp3) is 0.429. The Morgan fingerprint density at radius 1 is 1.20 bits per heavy atom. The van der Waals surface area contributed by atoms with Crippen molar-refractivity contribution in [2.45, 2.75) is 20.8 Å². The van der Waals surface area contributed by atoms with Gasteiger partial charge in [0.1, 0.15) is 0 Å². The molecular weight excluding hydrogens is 278 g/mol. The zero-order valence-corrected chi connectivity index (χ0v) is 12.8. The van der Waals surface area contributed by atoms with E-state index in [2.05, 4.69) is 10.6 Å². The summed E-state index contributed by atoms with van der Waals surface area (Å²) >= 11 is 0. The van der Waals surface area contributed by atoms with Crippen molar-refractivity contribution in [1.29, 1.82) is 0 Å². The van der Waals surface area contributed by atoms with Gasteiger partial charge in [-0.25, -0.2) is 0 Å². The van der Waals surface area contributed by atoms with Crippen LogP contribution in [0, 0.1) is 5.41 Å². The van der Waals surface area contributed by atoms with Gasteiger partial charge in [0.2, 0.25) is 5.91 Å². The molecule has 1 aromatic rings. The lowest BCUT2D eigenvalue weighted by atomic mass is 9.95. The van der Waals surface area contributed by atoms with Crippen LogP contribution in [0.4, 0.5) is 5.69 Å². The third-order valence-corrected chi connectivity index (χ3v) is 2.53. The van der Waals surface area contributed by atoms with Crippen LogP contribution in [0.2, 0.25) is 0 Å². The second-order valence-corrected chi connectivity index (χ2v) is 5.29. The zero-order valence-electron chi connectivity index (χ0n) is 12.0. The highest BCUT2D eigenvalue weighted by Crippen LogP contribution is 2.20. The molecule has 5 nitrogen and oxygen atoms in total. The van der Waals surface area contributed by atoms with Crippen LogP contribution in [0.15, 0.2) is 24.3 Å². The molecule has 0 atom stereocenters. The SMILES string of the molecule is CC(C)(C)C(=O)Nc1ccccc1C(=O)NCCN.Cl. The van der Waals surface area contributed by atoms with Crippen LogP contribution in [0.1, 0.15) is 31.1 Å². The van der Waals surface area contributed by atoms with Crippen molar-refractivity contribution in [3.05, 3.63) is 29.8 Å². The minimum atomic E-state index is -0.513. The Morgan fingerprint density at radius 3 is 2.35 bits per heavy atom. The summed E-state index contributed by atoms with van der Waals surface area (Å²) in [4.78, 5) is 23.9. The van der Waals surface area contributed by atoms with E-state index < -0.39 is 5.41 Å². The fourth-order valence-electron chi connectivity index (χ4n) is 1.38. The van der Waals surface area contributed by atoms with E-state index in [1.54, 1.807) is 24.3 Å². The number of rotatable bonds is 4. The smallest absolute Gasteiger partial charge is 0.253 e. The Bertz CT molecular complexity index is 470. The van der Waals surface area contributed by atoms with Crippen molar-refractivity contribution in [3.8, 4) is 0 Å². The van der Waals surface area contributed by atoms with Gasteiger partial charge in [-0.2, -0.15) is 0 Å². The summed E-state index contributed by atoms with van der Waals surface area (Å²) in [7, 11) is 0. The van der Waals surface area contributed by atoms with Gasteiger partial charge in [0.15, 0.2) is 0 Å². The summed E-state index contributed by atoms with van der Waals surface area (Å²) in [6, 6.07) is 6.91. The molecule has 1 aromatic carbocycles. The van der Waals surface area contributed by atoms with Crippen LogP contribution in [0.25, 0.3) is 0 Å². The van der Waals surface area contributed by atoms with E-state index in [0.717, 1.165) is 0 Å². The van der Waals surface area contributed by atoms with Gasteiger partial charge in [0.25, 0.3) is 5.91 Å². The van der Waals surface area contributed by atoms with Gasteiger partial charge in [-0.05, 0) is 12.1 Å². The molecule has 0 unspecified atom stereocenters. The topological polar surface area (TPSA) is 84.2 Å². The Kier molecular flexibility index (Phi) is 7.24. The first-order chi connectivity index (χ1) is 8.86. The number of hydrogen-bond acceptors (Lipinski definition) is 3. The number of hydrogen-bond donors (Lipinski definition) is 3. The number of nitrogens with one attached hydrogen (secondary N) is 2. The standard InChI is InChI=1S/C14H21N3O2.ClH/c1-14(2,3)13(19)17-11-7-5-4-6-10(11)12(18)16-9-8-15;/h4-7H,8-9,15H2,1-3H3,(H,16,18)(H,17,19);1H. The molecule has 0 heterocycles. The molecule has 6 heteroatoms. The van der Waals surface area contributed by atoms with E-state index >= 15 is 0 Å². The maximum absolute atomic E-state index is 12.0. The Labute approximate surface area is 125 Å². The van der Waals surface area contributed by atoms with Gasteiger partial charge in [-0.15, -0.1) is 12.4 Å². The number of anilines is 1. The number of benzene rings is 1. The van der Waals surface area contributed by atoms with Gasteiger partial charge in [-0.1, -0.05) is 32.9 Å². The lowest BCUT2D eigenvalue weighted by Gasteiger charge is -2.19. The molecule has 0 fully saturated rings. The number of para-hydroxylation sites is 1. The molecule has 2 amide bonds. The van der Waals surface area contributed by atoms with Crippen molar-refractivity contribution in [2.24, 2.45) is 11.1 Å². The van der Waals surface area contributed by atoms with Crippen molar-refractivity contribution >= 4 is 29.9 Å². The van der Waals surface area contributed by atoms with Crippen LogP contribution in [-0.4, -0.2) is 24.9 Å². The van der Waals surface area contributed by atoms with Crippen LogP contribution < -0.4 is 16.4 Å². The molecule has 0 spiro atoms. The zero-order chi connectivity index (χ0) is 14.5. The van der Waals surface area contributed by atoms with Crippen molar-refractivity contribution in [1.82, 2.24) is 5.32 Å². The summed E-state index contributed by atoms with van der Waals surface area (Å²) in [5.74, 6) is -0.373. The molecular formula is C14H22ClN3O2. The van der Waals surface area contributed by atoms with Gasteiger partial charge < -0.3 is 16.4 Å². The van der Waals surface area contributed by atoms with Crippen molar-refractivity contribution in [3.63, 3.8) is 0 Å². The Hall–Kier alpha value is -1.59. The Morgan fingerprint density at radius 2 is 1.80 bits per heavy atom. The molecule has 1 rings (SSSR count). The molecule has 0 aliphatic rings. The van der Waals surface area contributed by atoms with Gasteiger partial charge >= 0.3 is 0 Å². The van der Waals surface area contributed by atoms with Crippen molar-refractivity contribution in [2.75, 3.05) is 18.4 Å². The first kappa shape index (κ1) is 18.4. The highest BCUT2D eigenvalue weighted by molar-refractivity contribution is 6.04. The fourth-order valence-corrected chi connectivity index (χ4v) is 1.38. The van der Waals surface area contributed by atoms with E-state index in [1.807, 2.05) is 20.8 Å². The third-order valence-electron chi connectivity index (χ3n) is 2.53. The molecule has 0 radical (unpaired) electrons. The molecule has 0 bridgehead atoms. The lowest BCUT2D eigenvalue weighted by Crippen LogP contribution is -2.31. The molecule has 0 aliphatic carbocycles. The second-order valence-electron chi connectivity index (χ2n) is 5.29. The number of amides is 2. The summed E-state index contributed by atoms with van der Waals surface area (Å²) in [5, 5.41) is 5.46. The highest BCUT2D eigenvalue weighted by Gasteiger charge is 2.22. The summed E-state index contributed by atoms with van der Waals surface area (Å²) < 4.78 is 0. The molecule has 0 aliphatic heterocycles. The summed E-state index contributed by atoms with van der Waals surface area (Å²) in [6.07, 6.45) is 0. The molecule has 4 N–H and O–H groups in total. The Balaban J connectivity index is 0.00000361. The molecule has 0 saturated carbocycles. The first-order valence-electron chi connectivity index (χ1n) is 6.25. The van der Waals surface area contributed by atoms with Crippen LogP contribution >= 0.6 is 12.4 Å². The molecule has 20 heavy (non-hydrogen) atoms. The van der Waals surface area contributed by atoms with Gasteiger partial charge in [-0.3, -0.25) is 9.59 Å². The minimum absolute atomic E-state index is 0. The van der Waals surface area contributed by atoms with Crippen LogP contribution in [0.3, 0.4) is 0 Å². The molecule has 0 saturated heterocycles. The normalized spacial score (nSPS) is 10.4. The van der Waals surface area contributed by atoms with E-state index in [1.165, 1.54) is 0 Å². The highest BCUT2D eigenvalue weighted by atomic mass is 35.5. The average molecular weight is 300 g/mol. The van der Waals surface area contributed by atoms with Gasteiger partial charge in [0, 0.05) is 18.5 Å². The number of carbonyl (C=O) groups excluding carboxylic acids is 2. The monoisotopic (exact) mass is 299 g/mol. The molecule has 112 valence electrons. The quantitative estimate of drug-likeness (QED) is 0.792. The third kappa shape index (κ3) is 5.19. The van der Waals surface area contributed by atoms with Gasteiger partial charge in [0.05, 0.1) is 11.3 Å². The van der Waals surface area contributed by atoms with Crippen LogP contribution in [-0.2, 0) is 4.79 Å². The molecule has 0 aromatic heterocycles. The number of halogens is 1. The van der Waals surface area contributed by atoms with E-state index in [0.29, 0.717) is 24.3 Å². The van der Waals surface area contributed by atoms with E-state index in [4.69, 9.17) is 5.73 Å². The second kappa shape index (κ2) is 7.87. The predicted molar refractivity (Wildman–Crippen MR) is 83.2 cm³/mol. The maximum Gasteiger partial charge on any atom is 0.253 e. The minimum Gasteiger partial charge on any atom is -0.351 e. The van der Waals surface area contributed by atoms with E-state index in [-0.39, 0.29) is 24.2 Å². The summed E-state index contributed by atoms with van der Waals surface area (Å²) in [6.45, 7) is 6.24. The lowest BCUT2D eigenvalue weighted by molar-refractivity contribution is -0.123. The average Bonchev–Trinajstić information content (AvgIpc) is 2.35. The number of carbonyl (C=O) groups is 2. The predicted octanol–water partition coefficient (Wildman–Crippen LogP) is 1.78.